The Kier molecular flexibility index (Phi) is 2.22. The van der Waals surface area contributed by atoms with Crippen LogP contribution in [0.1, 0.15) is 12.8 Å². The lowest BCUT2D eigenvalue weighted by atomic mass is 9.70. The van der Waals surface area contributed by atoms with Gasteiger partial charge in [-0.2, -0.15) is 0 Å². The first-order valence-corrected chi connectivity index (χ1v) is 4.84. The van der Waals surface area contributed by atoms with E-state index < -0.39 is 12.0 Å². The number of carboxylic acids is 1. The van der Waals surface area contributed by atoms with E-state index in [0.29, 0.717) is 12.8 Å². The molecule has 2 saturated heterocycles. The van der Waals surface area contributed by atoms with Crippen molar-refractivity contribution in [1.29, 1.82) is 0 Å². The maximum Gasteiger partial charge on any atom is 0.322 e. The van der Waals surface area contributed by atoms with E-state index in [4.69, 9.17) is 10.8 Å². The molecule has 0 spiro atoms. The topological polar surface area (TPSA) is 101 Å². The van der Waals surface area contributed by atoms with Gasteiger partial charge in [0.2, 0.25) is 11.8 Å². The van der Waals surface area contributed by atoms with Crippen LogP contribution in [0.25, 0.3) is 0 Å². The third kappa shape index (κ3) is 1.50. The summed E-state index contributed by atoms with van der Waals surface area (Å²) in [6.45, 7) is -0.208. The Morgan fingerprint density at radius 2 is 1.87 bits per heavy atom. The van der Waals surface area contributed by atoms with Gasteiger partial charge >= 0.3 is 5.97 Å². The molecule has 0 aromatic rings. The van der Waals surface area contributed by atoms with Crippen LogP contribution in [0, 0.1) is 11.8 Å². The smallest absolute Gasteiger partial charge is 0.322 e. The highest BCUT2D eigenvalue weighted by Gasteiger charge is 2.50. The van der Waals surface area contributed by atoms with E-state index in [2.05, 4.69) is 0 Å². The maximum absolute atomic E-state index is 11.6. The number of carbonyl (C=O) groups excluding carboxylic acids is 2. The van der Waals surface area contributed by atoms with E-state index in [1.165, 1.54) is 0 Å². The summed E-state index contributed by atoms with van der Waals surface area (Å²) >= 11 is 0. The summed E-state index contributed by atoms with van der Waals surface area (Å²) in [5, 5.41) is 8.59. The second kappa shape index (κ2) is 3.30. The highest BCUT2D eigenvalue weighted by atomic mass is 16.4. The Labute approximate surface area is 86.0 Å². The number of nitrogens with two attached hydrogens (primary N) is 1. The minimum absolute atomic E-state index is 0.0892. The van der Waals surface area contributed by atoms with Crippen molar-refractivity contribution >= 4 is 17.8 Å². The third-order valence-electron chi connectivity index (χ3n) is 3.07. The number of carbonyl (C=O) groups is 3. The van der Waals surface area contributed by atoms with Crippen molar-refractivity contribution in [3.05, 3.63) is 0 Å². The number of carboxylic acid groups (broad SMARTS) is 1. The molecular formula is C9H12N2O4. The van der Waals surface area contributed by atoms with E-state index in [1.807, 2.05) is 0 Å². The fourth-order valence-corrected chi connectivity index (χ4v) is 2.03. The molecule has 2 bridgehead atoms. The number of nitrogens with zero attached hydrogens (tertiary/aromatic N) is 1. The summed E-state index contributed by atoms with van der Waals surface area (Å²) in [6.07, 6.45) is 1.24. The van der Waals surface area contributed by atoms with Gasteiger partial charge in [0.1, 0.15) is 6.04 Å². The first kappa shape index (κ1) is 10.1. The molecule has 2 heterocycles. The monoisotopic (exact) mass is 212 g/mol. The predicted octanol–water partition coefficient (Wildman–Crippen LogP) is -1.21. The molecule has 6 nitrogen and oxygen atoms in total. The first-order chi connectivity index (χ1) is 7.00. The zero-order chi connectivity index (χ0) is 11.2. The Morgan fingerprint density at radius 3 is 2.27 bits per heavy atom. The van der Waals surface area contributed by atoms with E-state index in [9.17, 15) is 14.4 Å². The van der Waals surface area contributed by atoms with Crippen LogP contribution in [0.4, 0.5) is 0 Å². The Balaban J connectivity index is 2.05. The Bertz CT molecular complexity index is 315. The lowest BCUT2D eigenvalue weighted by molar-refractivity contribution is -0.165. The van der Waals surface area contributed by atoms with Crippen molar-refractivity contribution in [2.45, 2.75) is 18.9 Å². The van der Waals surface area contributed by atoms with E-state index in [-0.39, 0.29) is 30.2 Å². The third-order valence-corrected chi connectivity index (χ3v) is 3.07. The molecule has 1 aliphatic carbocycles. The van der Waals surface area contributed by atoms with Gasteiger partial charge in [-0.05, 0) is 12.8 Å². The van der Waals surface area contributed by atoms with Gasteiger partial charge in [0.15, 0.2) is 0 Å². The van der Waals surface area contributed by atoms with Crippen LogP contribution < -0.4 is 5.73 Å². The van der Waals surface area contributed by atoms with Gasteiger partial charge in [-0.25, -0.2) is 0 Å². The minimum atomic E-state index is -1.20. The van der Waals surface area contributed by atoms with Crippen molar-refractivity contribution in [2.24, 2.45) is 17.6 Å². The number of imide groups is 1. The summed E-state index contributed by atoms with van der Waals surface area (Å²) in [5.41, 5.74) is 5.29. The lowest BCUT2D eigenvalue weighted by Crippen LogP contribution is -2.59. The minimum Gasteiger partial charge on any atom is -0.480 e. The summed E-state index contributed by atoms with van der Waals surface area (Å²) in [5.74, 6) is -1.91. The molecule has 0 aromatic heterocycles. The molecule has 2 amide bonds. The van der Waals surface area contributed by atoms with Crippen molar-refractivity contribution < 1.29 is 19.5 Å². The second-order valence-electron chi connectivity index (χ2n) is 4.10. The number of aliphatic carboxylic acids is 1. The van der Waals surface area contributed by atoms with Gasteiger partial charge in [-0.1, -0.05) is 0 Å². The van der Waals surface area contributed by atoms with Crippen LogP contribution in [0.15, 0.2) is 0 Å². The highest BCUT2D eigenvalue weighted by molar-refractivity contribution is 6.03. The van der Waals surface area contributed by atoms with Gasteiger partial charge in [0.05, 0.1) is 6.54 Å². The summed E-state index contributed by atoms with van der Waals surface area (Å²) in [7, 11) is 0. The summed E-state index contributed by atoms with van der Waals surface area (Å²) < 4.78 is 0. The van der Waals surface area contributed by atoms with Crippen LogP contribution >= 0.6 is 0 Å². The molecule has 15 heavy (non-hydrogen) atoms. The molecule has 3 fully saturated rings. The summed E-state index contributed by atoms with van der Waals surface area (Å²) in [6, 6.07) is -1.18. The van der Waals surface area contributed by atoms with Crippen LogP contribution in [0.3, 0.4) is 0 Å². The molecule has 6 heteroatoms. The van der Waals surface area contributed by atoms with Gasteiger partial charge in [0.25, 0.3) is 0 Å². The Morgan fingerprint density at radius 1 is 1.40 bits per heavy atom. The van der Waals surface area contributed by atoms with Crippen LogP contribution in [0.5, 0.6) is 0 Å². The zero-order valence-corrected chi connectivity index (χ0v) is 8.05. The van der Waals surface area contributed by atoms with Gasteiger partial charge in [-0.15, -0.1) is 0 Å². The molecular weight excluding hydrogens is 200 g/mol. The van der Waals surface area contributed by atoms with Crippen molar-refractivity contribution in [1.82, 2.24) is 4.90 Å². The Hall–Kier alpha value is -1.43. The van der Waals surface area contributed by atoms with Crippen LogP contribution in [-0.2, 0) is 14.4 Å². The van der Waals surface area contributed by atoms with Crippen LogP contribution in [-0.4, -0.2) is 40.4 Å². The molecule has 82 valence electrons. The molecule has 3 rings (SSSR count). The fraction of sp³-hybridized carbons (Fsp3) is 0.667. The average Bonchev–Trinajstić information content (AvgIpc) is 2.08. The molecule has 0 radical (unpaired) electrons. The fourth-order valence-electron chi connectivity index (χ4n) is 2.03. The van der Waals surface area contributed by atoms with Gasteiger partial charge in [0, 0.05) is 11.8 Å². The van der Waals surface area contributed by atoms with E-state index >= 15 is 0 Å². The quantitative estimate of drug-likeness (QED) is 0.572. The molecule has 3 aliphatic rings. The number of amides is 2. The molecule has 1 unspecified atom stereocenters. The number of hydrogen-bond acceptors (Lipinski definition) is 4. The van der Waals surface area contributed by atoms with Crippen molar-refractivity contribution in [3.63, 3.8) is 0 Å². The largest absolute Gasteiger partial charge is 0.480 e. The summed E-state index contributed by atoms with van der Waals surface area (Å²) in [4.78, 5) is 34.7. The van der Waals surface area contributed by atoms with Crippen LogP contribution in [0.2, 0.25) is 0 Å². The van der Waals surface area contributed by atoms with E-state index in [1.54, 1.807) is 0 Å². The van der Waals surface area contributed by atoms with Crippen molar-refractivity contribution in [2.75, 3.05) is 6.54 Å². The number of hydrogen-bond donors (Lipinski definition) is 2. The molecule has 1 saturated carbocycles. The average molecular weight is 212 g/mol. The normalized spacial score (nSPS) is 31.1. The number of fused-ring (bicyclic) bond motifs is 2. The highest BCUT2D eigenvalue weighted by Crippen LogP contribution is 2.41. The molecule has 1 atom stereocenters. The number of piperidine rings is 2. The molecule has 3 N–H and O–H groups in total. The van der Waals surface area contributed by atoms with Gasteiger partial charge < -0.3 is 10.8 Å². The SMILES string of the molecule is NC(CN1C(=O)C2CC(C2)C1=O)C(=O)O. The van der Waals surface area contributed by atoms with Crippen molar-refractivity contribution in [3.8, 4) is 0 Å². The molecule has 2 aliphatic heterocycles. The predicted molar refractivity (Wildman–Crippen MR) is 48.5 cm³/mol. The standard InChI is InChI=1S/C9H12N2O4/c10-6(9(14)15)3-11-7(12)4-1-5(2-4)8(11)13/h4-6H,1-3,10H2,(H,14,15). The van der Waals surface area contributed by atoms with Gasteiger partial charge in [-0.3, -0.25) is 19.3 Å². The first-order valence-electron chi connectivity index (χ1n) is 4.84. The number of rotatable bonds is 3. The van der Waals surface area contributed by atoms with E-state index in [0.717, 1.165) is 4.90 Å². The lowest BCUT2D eigenvalue weighted by Gasteiger charge is -2.44. The zero-order valence-electron chi connectivity index (χ0n) is 8.05. The second-order valence-corrected chi connectivity index (χ2v) is 4.10. The molecule has 0 aromatic carbocycles. The maximum atomic E-state index is 11.6.